The number of likely N-dealkylation sites (tertiary alicyclic amines) is 1. The van der Waals surface area contributed by atoms with Crippen LogP contribution >= 0.6 is 0 Å². The average molecular weight is 372 g/mol. The highest BCUT2D eigenvalue weighted by atomic mass is 19.1. The average Bonchev–Trinajstić information content (AvgIpc) is 3.00. The van der Waals surface area contributed by atoms with E-state index < -0.39 is 24.1 Å². The lowest BCUT2D eigenvalue weighted by Gasteiger charge is -2.34. The largest absolute Gasteiger partial charge is 0.465 e. The molecule has 1 aliphatic rings. The second-order valence-corrected chi connectivity index (χ2v) is 6.31. The number of β-amino-alcohol motifs (C(OH)–C–C–N with tert-alkyl or cyclic N) is 1. The minimum absolute atomic E-state index is 0.00653. The Balaban J connectivity index is 1.61. The molecule has 1 aliphatic heterocycles. The molecule has 3 N–H and O–H groups in total. The van der Waals surface area contributed by atoms with Crippen molar-refractivity contribution < 1.29 is 19.4 Å². The number of nitrogens with one attached hydrogen (secondary N) is 1. The number of halogens is 1. The van der Waals surface area contributed by atoms with E-state index in [1.165, 1.54) is 16.8 Å². The monoisotopic (exact) mass is 372 g/mol. The summed E-state index contributed by atoms with van der Waals surface area (Å²) in [6, 6.07) is 6.25. The molecule has 3 aromatic rings. The van der Waals surface area contributed by atoms with E-state index in [2.05, 4.69) is 20.4 Å². The second-order valence-electron chi connectivity index (χ2n) is 6.31. The Morgan fingerprint density at radius 3 is 2.89 bits per heavy atom. The maximum absolute atomic E-state index is 14.2. The number of amides is 1. The van der Waals surface area contributed by atoms with E-state index in [4.69, 9.17) is 5.11 Å². The lowest BCUT2D eigenvalue weighted by Crippen LogP contribution is -2.51. The number of carboxylic acid groups (broad SMARTS) is 1. The molecule has 4 heterocycles. The molecule has 0 aliphatic carbocycles. The number of rotatable bonds is 3. The summed E-state index contributed by atoms with van der Waals surface area (Å²) in [5, 5.41) is 26.6. The molecule has 3 aromatic heterocycles. The predicted molar refractivity (Wildman–Crippen MR) is 93.8 cm³/mol. The van der Waals surface area contributed by atoms with Crippen molar-refractivity contribution in [2.45, 2.75) is 18.6 Å². The number of carbonyl (C=O) groups is 1. The van der Waals surface area contributed by atoms with Crippen molar-refractivity contribution in [2.75, 3.05) is 18.4 Å². The highest BCUT2D eigenvalue weighted by Gasteiger charge is 2.30. The normalized spacial score (nSPS) is 20.0. The van der Waals surface area contributed by atoms with Crippen molar-refractivity contribution >= 4 is 17.6 Å². The smallest absolute Gasteiger partial charge is 0.407 e. The highest BCUT2D eigenvalue weighted by Crippen LogP contribution is 2.23. The molecule has 0 radical (unpaired) electrons. The van der Waals surface area contributed by atoms with Crippen LogP contribution in [0, 0.1) is 5.82 Å². The van der Waals surface area contributed by atoms with E-state index in [0.29, 0.717) is 24.4 Å². The van der Waals surface area contributed by atoms with Crippen LogP contribution in [-0.2, 0) is 0 Å². The van der Waals surface area contributed by atoms with E-state index in [1.807, 2.05) is 0 Å². The van der Waals surface area contributed by atoms with Crippen LogP contribution in [0.3, 0.4) is 0 Å². The lowest BCUT2D eigenvalue weighted by molar-refractivity contribution is 0.0573. The zero-order valence-corrected chi connectivity index (χ0v) is 14.2. The van der Waals surface area contributed by atoms with Gasteiger partial charge < -0.3 is 20.4 Å². The summed E-state index contributed by atoms with van der Waals surface area (Å²) < 4.78 is 15.6. The maximum Gasteiger partial charge on any atom is 0.407 e. The second kappa shape index (κ2) is 6.80. The Bertz CT molecular complexity index is 979. The highest BCUT2D eigenvalue weighted by molar-refractivity contribution is 5.65. The molecular weight excluding hydrogens is 355 g/mol. The van der Waals surface area contributed by atoms with Crippen molar-refractivity contribution in [2.24, 2.45) is 0 Å². The molecule has 1 fully saturated rings. The van der Waals surface area contributed by atoms with Crippen LogP contribution in [0.25, 0.3) is 16.9 Å². The Morgan fingerprint density at radius 1 is 1.33 bits per heavy atom. The lowest BCUT2D eigenvalue weighted by atomic mass is 10.0. The molecule has 4 rings (SSSR count). The first-order valence-corrected chi connectivity index (χ1v) is 8.41. The standard InChI is InChI=1S/C17H17FN6O3/c18-10-7-13(11-3-1-2-5-19-11)24-14(10)8-20-16(22-24)21-12-4-6-23(17(26)27)9-15(12)25/h1-3,5,7-8,12,15,25H,4,6,9H2,(H,21,22)(H,26,27)/t12-,15-/m1/s1. The minimum Gasteiger partial charge on any atom is -0.465 e. The molecule has 140 valence electrons. The number of aliphatic hydroxyl groups is 1. The van der Waals surface area contributed by atoms with Gasteiger partial charge in [-0.05, 0) is 18.6 Å². The van der Waals surface area contributed by atoms with Crippen LogP contribution in [-0.4, -0.2) is 66.0 Å². The fraction of sp³-hybridized carbons (Fsp3) is 0.294. The van der Waals surface area contributed by atoms with E-state index in [1.54, 1.807) is 24.4 Å². The van der Waals surface area contributed by atoms with E-state index >= 15 is 0 Å². The summed E-state index contributed by atoms with van der Waals surface area (Å²) >= 11 is 0. The predicted octanol–water partition coefficient (Wildman–Crippen LogP) is 1.46. The topological polar surface area (TPSA) is 116 Å². The molecule has 0 bridgehead atoms. The Labute approximate surface area is 153 Å². The van der Waals surface area contributed by atoms with Gasteiger partial charge in [-0.3, -0.25) is 4.98 Å². The molecule has 1 amide bonds. The first-order valence-electron chi connectivity index (χ1n) is 8.41. The Morgan fingerprint density at radius 2 is 2.19 bits per heavy atom. The zero-order valence-electron chi connectivity index (χ0n) is 14.2. The first kappa shape index (κ1) is 17.2. The van der Waals surface area contributed by atoms with Gasteiger partial charge >= 0.3 is 6.09 Å². The minimum atomic E-state index is -1.06. The number of pyridine rings is 1. The van der Waals surface area contributed by atoms with Gasteiger partial charge in [0, 0.05) is 18.8 Å². The van der Waals surface area contributed by atoms with Gasteiger partial charge in [-0.2, -0.15) is 0 Å². The quantitative estimate of drug-likeness (QED) is 0.637. The van der Waals surface area contributed by atoms with Crippen molar-refractivity contribution in [3.05, 3.63) is 42.5 Å². The number of nitrogens with zero attached hydrogens (tertiary/aromatic N) is 5. The summed E-state index contributed by atoms with van der Waals surface area (Å²) in [6.07, 6.45) is 1.41. The van der Waals surface area contributed by atoms with Crippen molar-refractivity contribution in [1.82, 2.24) is 24.5 Å². The number of fused-ring (bicyclic) bond motifs is 1. The molecule has 0 saturated carbocycles. The molecule has 2 atom stereocenters. The molecule has 0 spiro atoms. The number of hydrogen-bond acceptors (Lipinski definition) is 6. The summed E-state index contributed by atoms with van der Waals surface area (Å²) in [5.41, 5.74) is 1.26. The fourth-order valence-corrected chi connectivity index (χ4v) is 3.16. The van der Waals surface area contributed by atoms with Crippen molar-refractivity contribution in [3.8, 4) is 11.4 Å². The number of anilines is 1. The molecule has 0 unspecified atom stereocenters. The molecule has 27 heavy (non-hydrogen) atoms. The number of hydrogen-bond donors (Lipinski definition) is 3. The molecule has 9 nitrogen and oxygen atoms in total. The van der Waals surface area contributed by atoms with Gasteiger partial charge in [0.1, 0.15) is 5.52 Å². The van der Waals surface area contributed by atoms with E-state index in [0.717, 1.165) is 4.90 Å². The first-order chi connectivity index (χ1) is 13.0. The number of aromatic nitrogens is 4. The number of aliphatic hydroxyl groups excluding tert-OH is 1. The van der Waals surface area contributed by atoms with Gasteiger partial charge in [-0.1, -0.05) is 6.07 Å². The van der Waals surface area contributed by atoms with Gasteiger partial charge in [0.2, 0.25) is 5.95 Å². The number of piperidine rings is 1. The van der Waals surface area contributed by atoms with Crippen LogP contribution in [0.4, 0.5) is 15.1 Å². The third-order valence-electron chi connectivity index (χ3n) is 4.56. The summed E-state index contributed by atoms with van der Waals surface area (Å²) in [4.78, 5) is 20.5. The molecule has 1 saturated heterocycles. The summed E-state index contributed by atoms with van der Waals surface area (Å²) in [6.45, 7) is 0.302. The van der Waals surface area contributed by atoms with Crippen LogP contribution in [0.5, 0.6) is 0 Å². The molecule has 10 heteroatoms. The summed E-state index contributed by atoms with van der Waals surface area (Å²) in [5.74, 6) is -0.250. The molecular formula is C17H17FN6O3. The van der Waals surface area contributed by atoms with Gasteiger partial charge in [0.25, 0.3) is 0 Å². The van der Waals surface area contributed by atoms with Crippen LogP contribution in [0.1, 0.15) is 6.42 Å². The SMILES string of the molecule is O=C(O)N1CC[C@@H](Nc2ncc3c(F)cc(-c4ccccn4)n3n2)[C@H](O)C1. The van der Waals surface area contributed by atoms with Gasteiger partial charge in [0.05, 0.1) is 36.3 Å². The van der Waals surface area contributed by atoms with E-state index in [9.17, 15) is 14.3 Å². The molecule has 0 aromatic carbocycles. The van der Waals surface area contributed by atoms with Crippen LogP contribution < -0.4 is 5.32 Å². The third-order valence-corrected chi connectivity index (χ3v) is 4.56. The van der Waals surface area contributed by atoms with Gasteiger partial charge in [-0.15, -0.1) is 5.10 Å². The van der Waals surface area contributed by atoms with E-state index in [-0.39, 0.29) is 18.0 Å². The van der Waals surface area contributed by atoms with Gasteiger partial charge in [0.15, 0.2) is 5.82 Å². The Kier molecular flexibility index (Phi) is 4.32. The fourth-order valence-electron chi connectivity index (χ4n) is 3.16. The van der Waals surface area contributed by atoms with Crippen molar-refractivity contribution in [3.63, 3.8) is 0 Å². The van der Waals surface area contributed by atoms with Crippen LogP contribution in [0.15, 0.2) is 36.7 Å². The van der Waals surface area contributed by atoms with Crippen molar-refractivity contribution in [1.29, 1.82) is 0 Å². The third kappa shape index (κ3) is 3.26. The zero-order chi connectivity index (χ0) is 19.0. The maximum atomic E-state index is 14.2. The Hall–Kier alpha value is -3.27. The summed E-state index contributed by atoms with van der Waals surface area (Å²) in [7, 11) is 0. The van der Waals surface area contributed by atoms with Crippen LogP contribution in [0.2, 0.25) is 0 Å². The van der Waals surface area contributed by atoms with Gasteiger partial charge in [-0.25, -0.2) is 18.7 Å².